The predicted molar refractivity (Wildman–Crippen MR) is 93.9 cm³/mol. The molecule has 1 heterocycles. The molecule has 0 atom stereocenters. The molecule has 0 aliphatic carbocycles. The molecule has 25 heavy (non-hydrogen) atoms. The van der Waals surface area contributed by atoms with Crippen LogP contribution in [0.3, 0.4) is 0 Å². The highest BCUT2D eigenvalue weighted by Crippen LogP contribution is 2.23. The number of sulfonamides is 1. The van der Waals surface area contributed by atoms with Crippen LogP contribution in [-0.4, -0.2) is 13.0 Å². The number of aryl methyl sites for hydroxylation is 1. The molecule has 3 rings (SSSR count). The van der Waals surface area contributed by atoms with Crippen LogP contribution in [0.1, 0.15) is 5.56 Å². The minimum absolute atomic E-state index is 0.0346. The molecule has 0 unspecified atom stereocenters. The van der Waals surface area contributed by atoms with Crippen LogP contribution in [0.4, 0.5) is 8.78 Å². The Labute approximate surface area is 147 Å². The molecule has 8 heteroatoms. The van der Waals surface area contributed by atoms with Gasteiger partial charge in [0.05, 0.1) is 15.1 Å². The molecule has 0 spiro atoms. The smallest absolute Gasteiger partial charge is 0.285 e. The van der Waals surface area contributed by atoms with Crippen molar-refractivity contribution >= 4 is 31.6 Å². The minimum Gasteiger partial charge on any atom is -0.309 e. The average Bonchev–Trinajstić information content (AvgIpc) is 2.85. The van der Waals surface area contributed by atoms with E-state index in [4.69, 9.17) is 0 Å². The number of halogens is 2. The lowest BCUT2D eigenvalue weighted by atomic mass is 10.2. The Morgan fingerprint density at radius 2 is 1.92 bits per heavy atom. The Balaban J connectivity index is 2.28. The molecule has 3 aromatic rings. The number of fused-ring (bicyclic) bond motifs is 1. The Morgan fingerprint density at radius 3 is 2.56 bits per heavy atom. The Bertz CT molecular complexity index is 1130. The largest absolute Gasteiger partial charge is 0.309 e. The zero-order valence-electron chi connectivity index (χ0n) is 13.2. The first-order valence-corrected chi connectivity index (χ1v) is 9.54. The standard InChI is InChI=1S/C17H14F2N2O2S2/c1-3-8-21-16-14(19)9-12(18)10-15(16)24-17(21)20-25(22,23)13-6-4-11(2)5-7-13/h3-7,9-10H,1,8H2,2H3/b20-17-. The second-order valence-corrected chi connectivity index (χ2v) is 8.01. The van der Waals surface area contributed by atoms with Crippen molar-refractivity contribution in [2.75, 3.05) is 0 Å². The summed E-state index contributed by atoms with van der Waals surface area (Å²) in [6, 6.07) is 8.16. The number of hydrogen-bond acceptors (Lipinski definition) is 3. The van der Waals surface area contributed by atoms with Gasteiger partial charge in [0.1, 0.15) is 5.82 Å². The van der Waals surface area contributed by atoms with Crippen LogP contribution >= 0.6 is 11.3 Å². The highest BCUT2D eigenvalue weighted by molar-refractivity contribution is 7.90. The van der Waals surface area contributed by atoms with Gasteiger partial charge in [-0.05, 0) is 25.1 Å². The van der Waals surface area contributed by atoms with Crippen molar-refractivity contribution in [2.45, 2.75) is 18.4 Å². The summed E-state index contributed by atoms with van der Waals surface area (Å²) in [6.45, 7) is 5.58. The normalized spacial score (nSPS) is 12.7. The van der Waals surface area contributed by atoms with Crippen molar-refractivity contribution in [3.8, 4) is 0 Å². The average molecular weight is 380 g/mol. The lowest BCUT2D eigenvalue weighted by Crippen LogP contribution is -2.17. The van der Waals surface area contributed by atoms with Crippen LogP contribution in [0.25, 0.3) is 10.2 Å². The second kappa shape index (κ2) is 6.53. The monoisotopic (exact) mass is 380 g/mol. The van der Waals surface area contributed by atoms with Gasteiger partial charge in [-0.2, -0.15) is 8.42 Å². The molecule has 130 valence electrons. The van der Waals surface area contributed by atoms with E-state index in [1.54, 1.807) is 12.1 Å². The highest BCUT2D eigenvalue weighted by Gasteiger charge is 2.16. The molecule has 0 bridgehead atoms. The first-order chi connectivity index (χ1) is 11.8. The summed E-state index contributed by atoms with van der Waals surface area (Å²) in [5.41, 5.74) is 1.02. The topological polar surface area (TPSA) is 51.4 Å². The van der Waals surface area contributed by atoms with E-state index in [2.05, 4.69) is 11.0 Å². The van der Waals surface area contributed by atoms with Crippen LogP contribution in [-0.2, 0) is 16.6 Å². The summed E-state index contributed by atoms with van der Waals surface area (Å²) in [5.74, 6) is -1.51. The minimum atomic E-state index is -3.98. The van der Waals surface area contributed by atoms with Gasteiger partial charge in [0.25, 0.3) is 10.0 Å². The number of rotatable bonds is 4. The van der Waals surface area contributed by atoms with Gasteiger partial charge in [0.15, 0.2) is 5.82 Å². The number of nitrogens with zero attached hydrogens (tertiary/aromatic N) is 2. The van der Waals surface area contributed by atoms with E-state index in [0.717, 1.165) is 29.0 Å². The molecule has 0 aliphatic heterocycles. The number of thiazole rings is 1. The maximum Gasteiger partial charge on any atom is 0.285 e. The van der Waals surface area contributed by atoms with Crippen molar-refractivity contribution in [1.29, 1.82) is 0 Å². The van der Waals surface area contributed by atoms with Crippen LogP contribution in [0.2, 0.25) is 0 Å². The molecule has 0 fully saturated rings. The summed E-state index contributed by atoms with van der Waals surface area (Å²) in [6.07, 6.45) is 1.49. The zero-order chi connectivity index (χ0) is 18.2. The molecule has 4 nitrogen and oxygen atoms in total. The maximum atomic E-state index is 14.2. The Kier molecular flexibility index (Phi) is 4.57. The third-order valence-corrected chi connectivity index (χ3v) is 5.95. The molecule has 0 amide bonds. The fourth-order valence-corrected chi connectivity index (χ4v) is 4.65. The van der Waals surface area contributed by atoms with E-state index in [9.17, 15) is 17.2 Å². The summed E-state index contributed by atoms with van der Waals surface area (Å²) in [7, 11) is -3.98. The van der Waals surface area contributed by atoms with Crippen molar-refractivity contribution in [1.82, 2.24) is 4.57 Å². The van der Waals surface area contributed by atoms with E-state index in [0.29, 0.717) is 0 Å². The van der Waals surface area contributed by atoms with Crippen LogP contribution in [0.5, 0.6) is 0 Å². The van der Waals surface area contributed by atoms with E-state index < -0.39 is 21.7 Å². The molecule has 0 radical (unpaired) electrons. The summed E-state index contributed by atoms with van der Waals surface area (Å²) in [4.78, 5) is 0.0901. The Morgan fingerprint density at radius 1 is 1.24 bits per heavy atom. The summed E-state index contributed by atoms with van der Waals surface area (Å²) < 4.78 is 58.2. The van der Waals surface area contributed by atoms with Crippen molar-refractivity contribution in [3.05, 3.63) is 71.1 Å². The zero-order valence-corrected chi connectivity index (χ0v) is 14.9. The van der Waals surface area contributed by atoms with Crippen LogP contribution < -0.4 is 4.80 Å². The van der Waals surface area contributed by atoms with E-state index in [1.165, 1.54) is 22.8 Å². The van der Waals surface area contributed by atoms with Gasteiger partial charge in [-0.3, -0.25) is 0 Å². The second-order valence-electron chi connectivity index (χ2n) is 5.40. The third kappa shape index (κ3) is 3.40. The third-order valence-electron chi connectivity index (χ3n) is 3.52. The van der Waals surface area contributed by atoms with Crippen LogP contribution in [0, 0.1) is 18.6 Å². The number of benzene rings is 2. The van der Waals surface area contributed by atoms with Crippen molar-refractivity contribution < 1.29 is 17.2 Å². The van der Waals surface area contributed by atoms with Gasteiger partial charge in [0, 0.05) is 12.6 Å². The van der Waals surface area contributed by atoms with E-state index in [1.807, 2.05) is 6.92 Å². The molecule has 0 saturated heterocycles. The first kappa shape index (κ1) is 17.5. The molecule has 2 aromatic carbocycles. The Hall–Kier alpha value is -2.32. The predicted octanol–water partition coefficient (Wildman–Crippen LogP) is 3.77. The SMILES string of the molecule is C=CCn1/c(=N/S(=O)(=O)c2ccc(C)cc2)sc2cc(F)cc(F)c21. The van der Waals surface area contributed by atoms with Gasteiger partial charge >= 0.3 is 0 Å². The van der Waals surface area contributed by atoms with Crippen LogP contribution in [0.15, 0.2) is 58.3 Å². The molecule has 0 N–H and O–H groups in total. The maximum absolute atomic E-state index is 14.2. The molecule has 1 aromatic heterocycles. The molecule has 0 saturated carbocycles. The van der Waals surface area contributed by atoms with Gasteiger partial charge < -0.3 is 4.57 Å². The summed E-state index contributed by atoms with van der Waals surface area (Å²) in [5, 5.41) is 0. The quantitative estimate of drug-likeness (QED) is 0.647. The van der Waals surface area contributed by atoms with Gasteiger partial charge in [-0.25, -0.2) is 8.78 Å². The lowest BCUT2D eigenvalue weighted by Gasteiger charge is -2.03. The number of aromatic nitrogens is 1. The van der Waals surface area contributed by atoms with E-state index in [-0.39, 0.29) is 26.5 Å². The molecular weight excluding hydrogens is 366 g/mol. The fraction of sp³-hybridized carbons (Fsp3) is 0.118. The van der Waals surface area contributed by atoms with E-state index >= 15 is 0 Å². The molecular formula is C17H14F2N2O2S2. The van der Waals surface area contributed by atoms with Crippen molar-refractivity contribution in [3.63, 3.8) is 0 Å². The number of hydrogen-bond donors (Lipinski definition) is 0. The number of allylic oxidation sites excluding steroid dienone is 1. The van der Waals surface area contributed by atoms with Gasteiger partial charge in [0.2, 0.25) is 4.80 Å². The first-order valence-electron chi connectivity index (χ1n) is 7.29. The highest BCUT2D eigenvalue weighted by atomic mass is 32.2. The molecule has 0 aliphatic rings. The lowest BCUT2D eigenvalue weighted by molar-refractivity contribution is 0.585. The fourth-order valence-electron chi connectivity index (χ4n) is 2.36. The van der Waals surface area contributed by atoms with Gasteiger partial charge in [-0.15, -0.1) is 11.0 Å². The van der Waals surface area contributed by atoms with Gasteiger partial charge in [-0.1, -0.05) is 35.1 Å². The van der Waals surface area contributed by atoms with Crippen molar-refractivity contribution in [2.24, 2.45) is 4.40 Å². The summed E-state index contributed by atoms with van der Waals surface area (Å²) >= 11 is 0.906.